The molecule has 2 N–H and O–H groups in total. The number of nitrogens with zero attached hydrogens (tertiary/aromatic N) is 2. The van der Waals surface area contributed by atoms with Crippen LogP contribution in [0.3, 0.4) is 0 Å². The van der Waals surface area contributed by atoms with Crippen LogP contribution < -0.4 is 5.73 Å². The Hall–Kier alpha value is -0.770. The third kappa shape index (κ3) is 1.50. The van der Waals surface area contributed by atoms with E-state index in [2.05, 4.69) is 23.8 Å². The second kappa shape index (κ2) is 3.18. The van der Waals surface area contributed by atoms with Gasteiger partial charge in [-0.3, -0.25) is 0 Å². The number of hydrogen-bond donors (Lipinski definition) is 1. The highest BCUT2D eigenvalue weighted by Crippen LogP contribution is 2.34. The Morgan fingerprint density at radius 1 is 1.38 bits per heavy atom. The summed E-state index contributed by atoms with van der Waals surface area (Å²) in [6.07, 6.45) is 1.09. The van der Waals surface area contributed by atoms with E-state index >= 15 is 0 Å². The van der Waals surface area contributed by atoms with Crippen molar-refractivity contribution in [1.82, 2.24) is 9.97 Å². The molecule has 2 rings (SSSR count). The van der Waals surface area contributed by atoms with Crippen LogP contribution in [0.1, 0.15) is 31.0 Å². The Labute approximate surface area is 82.2 Å². The molecule has 0 unspecified atom stereocenters. The van der Waals surface area contributed by atoms with Gasteiger partial charge in [-0.2, -0.15) is 0 Å². The van der Waals surface area contributed by atoms with Crippen LogP contribution in [0.25, 0.3) is 0 Å². The standard InChI is InChI=1S/C9H13N3S/c1-5(2)7-6-3-4-13-8(6)12-9(10)11-7/h5H,3-4H2,1-2H3,(H2,10,11,12). The van der Waals surface area contributed by atoms with E-state index in [0.29, 0.717) is 11.9 Å². The van der Waals surface area contributed by atoms with Crippen molar-refractivity contribution >= 4 is 17.7 Å². The summed E-state index contributed by atoms with van der Waals surface area (Å²) in [4.78, 5) is 8.52. The minimum atomic E-state index is 0.414. The Kier molecular flexibility index (Phi) is 2.15. The highest BCUT2D eigenvalue weighted by molar-refractivity contribution is 7.99. The van der Waals surface area contributed by atoms with Crippen LogP contribution in [-0.2, 0) is 6.42 Å². The summed E-state index contributed by atoms with van der Waals surface area (Å²) in [6, 6.07) is 0. The monoisotopic (exact) mass is 195 g/mol. The number of nitrogen functional groups attached to an aromatic ring is 1. The van der Waals surface area contributed by atoms with Crippen molar-refractivity contribution < 1.29 is 0 Å². The van der Waals surface area contributed by atoms with Gasteiger partial charge in [0, 0.05) is 11.3 Å². The van der Waals surface area contributed by atoms with Gasteiger partial charge in [0.15, 0.2) is 0 Å². The maximum atomic E-state index is 5.63. The molecular weight excluding hydrogens is 182 g/mol. The molecule has 0 atom stereocenters. The quantitative estimate of drug-likeness (QED) is 0.695. The number of anilines is 1. The van der Waals surface area contributed by atoms with Crippen molar-refractivity contribution in [2.75, 3.05) is 11.5 Å². The van der Waals surface area contributed by atoms with Gasteiger partial charge in [0.05, 0.1) is 5.69 Å². The van der Waals surface area contributed by atoms with E-state index in [9.17, 15) is 0 Å². The fourth-order valence-electron chi connectivity index (χ4n) is 1.58. The van der Waals surface area contributed by atoms with Gasteiger partial charge < -0.3 is 5.73 Å². The van der Waals surface area contributed by atoms with Crippen LogP contribution in [0.4, 0.5) is 5.95 Å². The van der Waals surface area contributed by atoms with Gasteiger partial charge in [0.25, 0.3) is 0 Å². The predicted octanol–water partition coefficient (Wildman–Crippen LogP) is 1.83. The van der Waals surface area contributed by atoms with Crippen molar-refractivity contribution in [3.63, 3.8) is 0 Å². The number of fused-ring (bicyclic) bond motifs is 1. The molecule has 70 valence electrons. The normalized spacial score (nSPS) is 15.0. The van der Waals surface area contributed by atoms with Crippen LogP contribution in [0.5, 0.6) is 0 Å². The zero-order valence-corrected chi connectivity index (χ0v) is 8.69. The summed E-state index contributed by atoms with van der Waals surface area (Å²) >= 11 is 1.78. The zero-order chi connectivity index (χ0) is 9.42. The Balaban J connectivity index is 2.55. The lowest BCUT2D eigenvalue weighted by atomic mass is 10.0. The predicted molar refractivity (Wildman–Crippen MR) is 55.0 cm³/mol. The summed E-state index contributed by atoms with van der Waals surface area (Å²) in [7, 11) is 0. The lowest BCUT2D eigenvalue weighted by Gasteiger charge is -2.09. The zero-order valence-electron chi connectivity index (χ0n) is 7.87. The van der Waals surface area contributed by atoms with Crippen LogP contribution >= 0.6 is 11.8 Å². The summed E-state index contributed by atoms with van der Waals surface area (Å²) < 4.78 is 0. The summed E-state index contributed by atoms with van der Waals surface area (Å²) in [6.45, 7) is 4.29. The van der Waals surface area contributed by atoms with E-state index in [1.807, 2.05) is 0 Å². The fraction of sp³-hybridized carbons (Fsp3) is 0.556. The Bertz CT molecular complexity index is 336. The number of rotatable bonds is 1. The second-order valence-electron chi connectivity index (χ2n) is 3.50. The first-order valence-electron chi connectivity index (χ1n) is 4.47. The SMILES string of the molecule is CC(C)c1nc(N)nc2c1CCS2. The van der Waals surface area contributed by atoms with Gasteiger partial charge in [-0.1, -0.05) is 13.8 Å². The molecule has 0 aromatic carbocycles. The van der Waals surface area contributed by atoms with Gasteiger partial charge in [0.2, 0.25) is 5.95 Å². The lowest BCUT2D eigenvalue weighted by Crippen LogP contribution is -2.05. The van der Waals surface area contributed by atoms with E-state index < -0.39 is 0 Å². The number of aromatic nitrogens is 2. The largest absolute Gasteiger partial charge is 0.368 e. The fourth-order valence-corrected chi connectivity index (χ4v) is 2.62. The molecule has 1 aromatic rings. The van der Waals surface area contributed by atoms with Crippen LogP contribution in [0.15, 0.2) is 5.03 Å². The maximum Gasteiger partial charge on any atom is 0.221 e. The Morgan fingerprint density at radius 3 is 2.85 bits per heavy atom. The first-order valence-corrected chi connectivity index (χ1v) is 5.46. The summed E-state index contributed by atoms with van der Waals surface area (Å²) in [5, 5.41) is 1.09. The minimum Gasteiger partial charge on any atom is -0.368 e. The number of nitrogens with two attached hydrogens (primary N) is 1. The van der Waals surface area contributed by atoms with Gasteiger partial charge in [-0.15, -0.1) is 11.8 Å². The van der Waals surface area contributed by atoms with Crippen molar-refractivity contribution in [2.24, 2.45) is 0 Å². The molecule has 4 heteroatoms. The highest BCUT2D eigenvalue weighted by Gasteiger charge is 2.20. The van der Waals surface area contributed by atoms with E-state index in [-0.39, 0.29) is 0 Å². The smallest absolute Gasteiger partial charge is 0.221 e. The average Bonchev–Trinajstić information content (AvgIpc) is 2.49. The molecular formula is C9H13N3S. The molecule has 0 saturated carbocycles. The van der Waals surface area contributed by atoms with Gasteiger partial charge >= 0.3 is 0 Å². The van der Waals surface area contributed by atoms with Crippen molar-refractivity contribution in [1.29, 1.82) is 0 Å². The van der Waals surface area contributed by atoms with Gasteiger partial charge in [-0.05, 0) is 12.3 Å². The molecule has 1 aliphatic rings. The molecule has 1 aromatic heterocycles. The number of hydrogen-bond acceptors (Lipinski definition) is 4. The van der Waals surface area contributed by atoms with Crippen LogP contribution in [0.2, 0.25) is 0 Å². The van der Waals surface area contributed by atoms with Gasteiger partial charge in [-0.25, -0.2) is 9.97 Å². The Morgan fingerprint density at radius 2 is 2.15 bits per heavy atom. The van der Waals surface area contributed by atoms with Gasteiger partial charge in [0.1, 0.15) is 5.03 Å². The molecule has 0 radical (unpaired) electrons. The minimum absolute atomic E-state index is 0.414. The average molecular weight is 195 g/mol. The molecule has 0 aliphatic carbocycles. The number of thioether (sulfide) groups is 1. The molecule has 3 nitrogen and oxygen atoms in total. The third-order valence-corrected chi connectivity index (χ3v) is 3.18. The summed E-state index contributed by atoms with van der Waals surface area (Å²) in [5.74, 6) is 1.97. The maximum absolute atomic E-state index is 5.63. The van der Waals surface area contributed by atoms with E-state index in [4.69, 9.17) is 5.73 Å². The molecule has 0 saturated heterocycles. The molecule has 0 amide bonds. The summed E-state index contributed by atoms with van der Waals surface area (Å²) in [5.41, 5.74) is 8.08. The van der Waals surface area contributed by atoms with Crippen molar-refractivity contribution in [3.05, 3.63) is 11.3 Å². The van der Waals surface area contributed by atoms with E-state index in [1.54, 1.807) is 11.8 Å². The molecule has 0 fully saturated rings. The topological polar surface area (TPSA) is 51.8 Å². The third-order valence-electron chi connectivity index (χ3n) is 2.16. The second-order valence-corrected chi connectivity index (χ2v) is 4.59. The molecule has 0 bridgehead atoms. The van der Waals surface area contributed by atoms with E-state index in [0.717, 1.165) is 22.9 Å². The van der Waals surface area contributed by atoms with Crippen molar-refractivity contribution in [3.8, 4) is 0 Å². The van der Waals surface area contributed by atoms with Crippen molar-refractivity contribution in [2.45, 2.75) is 31.2 Å². The molecule has 2 heterocycles. The van der Waals surface area contributed by atoms with Crippen LogP contribution in [-0.4, -0.2) is 15.7 Å². The first kappa shape index (κ1) is 8.81. The van der Waals surface area contributed by atoms with E-state index in [1.165, 1.54) is 5.56 Å². The molecule has 0 spiro atoms. The highest BCUT2D eigenvalue weighted by atomic mass is 32.2. The first-order chi connectivity index (χ1) is 6.18. The lowest BCUT2D eigenvalue weighted by molar-refractivity contribution is 0.780. The van der Waals surface area contributed by atoms with Crippen LogP contribution in [0, 0.1) is 0 Å². The molecule has 13 heavy (non-hydrogen) atoms. The molecule has 1 aliphatic heterocycles.